The van der Waals surface area contributed by atoms with Crippen LogP contribution in [0.5, 0.6) is 11.5 Å². The van der Waals surface area contributed by atoms with Crippen LogP contribution in [0.1, 0.15) is 17.2 Å². The maximum Gasteiger partial charge on any atom is 0.301 e. The molecule has 0 spiro atoms. The number of aliphatic hydroxyl groups excluding tert-OH is 1. The molecule has 1 atom stereocenters. The maximum atomic E-state index is 13.4. The Labute approximate surface area is 221 Å². The van der Waals surface area contributed by atoms with Crippen molar-refractivity contribution in [3.8, 4) is 11.5 Å². The van der Waals surface area contributed by atoms with Crippen molar-refractivity contribution in [2.75, 3.05) is 18.6 Å². The minimum absolute atomic E-state index is 0.0380. The molecule has 9 heteroatoms. The Kier molecular flexibility index (Phi) is 6.69. The molecule has 2 heterocycles. The molecule has 0 radical (unpaired) electrons. The molecule has 1 amide bonds. The topological polar surface area (TPSA) is 89.0 Å². The van der Waals surface area contributed by atoms with Gasteiger partial charge in [-0.1, -0.05) is 47.7 Å². The Hall–Kier alpha value is -4.14. The third-order valence-electron chi connectivity index (χ3n) is 5.92. The number of ketones is 1. The predicted octanol–water partition coefficient (Wildman–Crippen LogP) is 6.15. The van der Waals surface area contributed by atoms with Crippen molar-refractivity contribution < 1.29 is 24.2 Å². The number of rotatable bonds is 7. The molecule has 1 saturated heterocycles. The lowest BCUT2D eigenvalue weighted by atomic mass is 9.95. The number of amides is 1. The second-order valence-electron chi connectivity index (χ2n) is 8.17. The molecule has 37 heavy (non-hydrogen) atoms. The van der Waals surface area contributed by atoms with E-state index in [-0.39, 0.29) is 11.3 Å². The first kappa shape index (κ1) is 24.5. The van der Waals surface area contributed by atoms with Crippen LogP contribution in [0.25, 0.3) is 16.0 Å². The van der Waals surface area contributed by atoms with Crippen LogP contribution >= 0.6 is 22.9 Å². The van der Waals surface area contributed by atoms with E-state index in [0.29, 0.717) is 44.9 Å². The zero-order chi connectivity index (χ0) is 26.1. The van der Waals surface area contributed by atoms with Crippen LogP contribution in [0.2, 0.25) is 5.02 Å². The molecule has 1 aromatic heterocycles. The first-order valence-corrected chi connectivity index (χ1v) is 12.5. The minimum atomic E-state index is -0.911. The van der Waals surface area contributed by atoms with Gasteiger partial charge in [-0.05, 0) is 60.2 Å². The summed E-state index contributed by atoms with van der Waals surface area (Å²) in [4.78, 5) is 32.7. The second-order valence-corrected chi connectivity index (χ2v) is 9.62. The van der Waals surface area contributed by atoms with E-state index >= 15 is 0 Å². The number of carbonyl (C=O) groups is 2. The minimum Gasteiger partial charge on any atom is -0.507 e. The third kappa shape index (κ3) is 4.57. The summed E-state index contributed by atoms with van der Waals surface area (Å²) in [7, 11) is 1.57. The molecule has 1 aliphatic heterocycles. The number of anilines is 1. The molecule has 0 bridgehead atoms. The molecular formula is C28H21ClN2O5S. The number of benzene rings is 3. The van der Waals surface area contributed by atoms with Crippen molar-refractivity contribution in [1.29, 1.82) is 0 Å². The summed E-state index contributed by atoms with van der Waals surface area (Å²) < 4.78 is 11.7. The van der Waals surface area contributed by atoms with E-state index in [4.69, 9.17) is 21.1 Å². The van der Waals surface area contributed by atoms with Crippen LogP contribution in [0.3, 0.4) is 0 Å². The number of carbonyl (C=O) groups excluding carboxylic acids is 2. The Morgan fingerprint density at radius 1 is 1.11 bits per heavy atom. The summed E-state index contributed by atoms with van der Waals surface area (Å²) in [5, 5.41) is 12.1. The van der Waals surface area contributed by atoms with Gasteiger partial charge in [-0.15, -0.1) is 0 Å². The van der Waals surface area contributed by atoms with Crippen LogP contribution in [0.15, 0.2) is 85.0 Å². The number of hydrogen-bond acceptors (Lipinski definition) is 7. The van der Waals surface area contributed by atoms with Crippen molar-refractivity contribution in [3.05, 3.63) is 101 Å². The molecule has 1 N–H and O–H groups in total. The zero-order valence-electron chi connectivity index (χ0n) is 19.7. The van der Waals surface area contributed by atoms with Crippen LogP contribution in [0, 0.1) is 0 Å². The van der Waals surface area contributed by atoms with Gasteiger partial charge < -0.3 is 14.6 Å². The number of ether oxygens (including phenoxy) is 2. The lowest BCUT2D eigenvalue weighted by molar-refractivity contribution is -0.132. The molecule has 186 valence electrons. The van der Waals surface area contributed by atoms with Gasteiger partial charge in [-0.3, -0.25) is 14.5 Å². The van der Waals surface area contributed by atoms with Gasteiger partial charge in [0.05, 0.1) is 28.9 Å². The van der Waals surface area contributed by atoms with E-state index < -0.39 is 17.7 Å². The van der Waals surface area contributed by atoms with Gasteiger partial charge in [0.1, 0.15) is 23.9 Å². The molecular weight excluding hydrogens is 512 g/mol. The van der Waals surface area contributed by atoms with Gasteiger partial charge in [0.15, 0.2) is 5.13 Å². The average Bonchev–Trinajstić information content (AvgIpc) is 3.45. The van der Waals surface area contributed by atoms with Crippen LogP contribution in [-0.2, 0) is 9.59 Å². The molecule has 5 rings (SSSR count). The van der Waals surface area contributed by atoms with Crippen molar-refractivity contribution in [1.82, 2.24) is 4.98 Å². The maximum absolute atomic E-state index is 13.4. The van der Waals surface area contributed by atoms with E-state index in [9.17, 15) is 14.7 Å². The third-order valence-corrected chi connectivity index (χ3v) is 7.19. The van der Waals surface area contributed by atoms with E-state index in [0.717, 1.165) is 4.70 Å². The molecule has 3 aromatic carbocycles. The van der Waals surface area contributed by atoms with Gasteiger partial charge in [-0.2, -0.15) is 0 Å². The fraction of sp³-hybridized carbons (Fsp3) is 0.107. The molecule has 1 aliphatic rings. The zero-order valence-corrected chi connectivity index (χ0v) is 21.3. The average molecular weight is 533 g/mol. The Morgan fingerprint density at radius 2 is 1.81 bits per heavy atom. The highest BCUT2D eigenvalue weighted by molar-refractivity contribution is 7.22. The molecule has 7 nitrogen and oxygen atoms in total. The molecule has 1 unspecified atom stereocenters. The Morgan fingerprint density at radius 3 is 2.49 bits per heavy atom. The lowest BCUT2D eigenvalue weighted by Gasteiger charge is -2.23. The Balaban J connectivity index is 1.67. The Bertz CT molecular complexity index is 1540. The number of aliphatic hydroxyl groups is 1. The van der Waals surface area contributed by atoms with Gasteiger partial charge >= 0.3 is 5.91 Å². The summed E-state index contributed by atoms with van der Waals surface area (Å²) in [5.74, 6) is -0.624. The predicted molar refractivity (Wildman–Crippen MR) is 145 cm³/mol. The fourth-order valence-electron chi connectivity index (χ4n) is 4.13. The number of nitrogens with zero attached hydrogens (tertiary/aromatic N) is 2. The quantitative estimate of drug-likeness (QED) is 0.133. The van der Waals surface area contributed by atoms with Crippen LogP contribution in [-0.4, -0.2) is 35.5 Å². The molecule has 0 aliphatic carbocycles. The molecule has 0 saturated carbocycles. The van der Waals surface area contributed by atoms with Gasteiger partial charge in [0.2, 0.25) is 0 Å². The molecule has 4 aromatic rings. The van der Waals surface area contributed by atoms with Gasteiger partial charge in [0.25, 0.3) is 5.78 Å². The highest BCUT2D eigenvalue weighted by Crippen LogP contribution is 2.45. The van der Waals surface area contributed by atoms with E-state index in [1.54, 1.807) is 73.8 Å². The number of hydrogen-bond donors (Lipinski definition) is 1. The van der Waals surface area contributed by atoms with Crippen molar-refractivity contribution in [2.45, 2.75) is 6.04 Å². The number of Topliss-reactive ketones (excluding diaryl/α,β-unsaturated/α-hetero) is 1. The lowest BCUT2D eigenvalue weighted by Crippen LogP contribution is -2.29. The van der Waals surface area contributed by atoms with Crippen LogP contribution in [0.4, 0.5) is 5.13 Å². The summed E-state index contributed by atoms with van der Waals surface area (Å²) in [6.07, 6.45) is 1.64. The van der Waals surface area contributed by atoms with Gasteiger partial charge in [0, 0.05) is 10.6 Å². The number of fused-ring (bicyclic) bond motifs is 1. The normalized spacial score (nSPS) is 16.8. The largest absolute Gasteiger partial charge is 0.507 e. The highest BCUT2D eigenvalue weighted by atomic mass is 35.5. The smallest absolute Gasteiger partial charge is 0.301 e. The van der Waals surface area contributed by atoms with Crippen molar-refractivity contribution >= 4 is 55.7 Å². The molecule has 1 fully saturated rings. The fourth-order valence-corrected chi connectivity index (χ4v) is 5.28. The summed E-state index contributed by atoms with van der Waals surface area (Å²) in [5.41, 5.74) is 1.60. The number of methoxy groups -OCH3 is 1. The van der Waals surface area contributed by atoms with E-state index in [1.807, 2.05) is 6.07 Å². The van der Waals surface area contributed by atoms with Crippen molar-refractivity contribution in [2.24, 2.45) is 0 Å². The van der Waals surface area contributed by atoms with E-state index in [2.05, 4.69) is 11.6 Å². The van der Waals surface area contributed by atoms with Crippen molar-refractivity contribution in [3.63, 3.8) is 0 Å². The number of halogens is 1. The first-order chi connectivity index (χ1) is 17.9. The summed E-state index contributed by atoms with van der Waals surface area (Å²) in [6, 6.07) is 17.9. The summed E-state index contributed by atoms with van der Waals surface area (Å²) >= 11 is 7.26. The monoisotopic (exact) mass is 532 g/mol. The number of thiazole rings is 1. The first-order valence-electron chi connectivity index (χ1n) is 11.3. The number of aromatic nitrogens is 1. The standard InChI is InChI=1S/C28H21ClN2O5S/c1-3-14-36-19-10-6-16(7-11-19)24-23(25(32)17-4-8-18(29)9-5-17)26(33)27(34)31(24)28-30-21-13-12-20(35-2)15-22(21)37-28/h3-13,15,24,32H,1,14H2,2H3. The highest BCUT2D eigenvalue weighted by Gasteiger charge is 2.48. The van der Waals surface area contributed by atoms with Gasteiger partial charge in [-0.25, -0.2) is 4.98 Å². The van der Waals surface area contributed by atoms with Crippen LogP contribution < -0.4 is 14.4 Å². The second kappa shape index (κ2) is 10.1. The summed E-state index contributed by atoms with van der Waals surface area (Å²) in [6.45, 7) is 3.98. The van der Waals surface area contributed by atoms with E-state index in [1.165, 1.54) is 16.2 Å². The SMILES string of the molecule is C=CCOc1ccc(C2C(=C(O)c3ccc(Cl)cc3)C(=O)C(=O)N2c2nc3ccc(OC)cc3s2)cc1.